The molecule has 0 saturated carbocycles. The summed E-state index contributed by atoms with van der Waals surface area (Å²) < 4.78 is 65.5. The third kappa shape index (κ3) is 4.48. The molecule has 0 unspecified atom stereocenters. The van der Waals surface area contributed by atoms with Crippen molar-refractivity contribution in [1.82, 2.24) is 4.31 Å². The lowest BCUT2D eigenvalue weighted by Gasteiger charge is -2.26. The maximum absolute atomic E-state index is 12.9. The molecule has 0 aliphatic carbocycles. The fourth-order valence-electron chi connectivity index (χ4n) is 4.13. The first kappa shape index (κ1) is 21.8. The Kier molecular flexibility index (Phi) is 5.83. The Hall–Kier alpha value is -2.39. The van der Waals surface area contributed by atoms with E-state index in [0.29, 0.717) is 37.3 Å². The highest BCUT2D eigenvalue weighted by atomic mass is 32.2. The van der Waals surface area contributed by atoms with Gasteiger partial charge in [-0.15, -0.1) is 0 Å². The number of anilines is 1. The SMILES string of the molecule is O=C(Cc1ccc(C(F)(F)F)cc1)N1CCc2cc(S(=O)(=O)N3CCCCC3)ccc21. The molecule has 2 heterocycles. The van der Waals surface area contributed by atoms with Crippen LogP contribution in [0.4, 0.5) is 18.9 Å². The van der Waals surface area contributed by atoms with Crippen LogP contribution >= 0.6 is 0 Å². The largest absolute Gasteiger partial charge is 0.416 e. The van der Waals surface area contributed by atoms with Crippen LogP contribution in [0.25, 0.3) is 0 Å². The van der Waals surface area contributed by atoms with Crippen molar-refractivity contribution in [2.45, 2.75) is 43.2 Å². The monoisotopic (exact) mass is 452 g/mol. The van der Waals surface area contributed by atoms with Crippen molar-refractivity contribution < 1.29 is 26.4 Å². The second-order valence-electron chi connectivity index (χ2n) is 7.92. The van der Waals surface area contributed by atoms with E-state index in [1.807, 2.05) is 0 Å². The molecule has 1 fully saturated rings. The van der Waals surface area contributed by atoms with Gasteiger partial charge in [-0.1, -0.05) is 18.6 Å². The van der Waals surface area contributed by atoms with Gasteiger partial charge in [0.25, 0.3) is 0 Å². The van der Waals surface area contributed by atoms with E-state index < -0.39 is 21.8 Å². The summed E-state index contributed by atoms with van der Waals surface area (Å²) in [5.74, 6) is -0.231. The summed E-state index contributed by atoms with van der Waals surface area (Å²) in [5.41, 5.74) is 1.20. The van der Waals surface area contributed by atoms with Crippen molar-refractivity contribution in [3.8, 4) is 0 Å². The number of amides is 1. The zero-order chi connectivity index (χ0) is 22.2. The van der Waals surface area contributed by atoms with Crippen LogP contribution in [0, 0.1) is 0 Å². The summed E-state index contributed by atoms with van der Waals surface area (Å²) >= 11 is 0. The fourth-order valence-corrected chi connectivity index (χ4v) is 5.70. The van der Waals surface area contributed by atoms with E-state index in [0.717, 1.165) is 37.0 Å². The summed E-state index contributed by atoms with van der Waals surface area (Å²) in [6.45, 7) is 1.47. The molecule has 1 saturated heterocycles. The molecule has 2 aromatic carbocycles. The number of benzene rings is 2. The van der Waals surface area contributed by atoms with Crippen molar-refractivity contribution in [1.29, 1.82) is 0 Å². The van der Waals surface area contributed by atoms with E-state index in [-0.39, 0.29) is 17.2 Å². The van der Waals surface area contributed by atoms with Gasteiger partial charge in [-0.05, 0) is 60.7 Å². The number of rotatable bonds is 4. The van der Waals surface area contributed by atoms with Gasteiger partial charge in [0, 0.05) is 25.3 Å². The van der Waals surface area contributed by atoms with E-state index >= 15 is 0 Å². The predicted molar refractivity (Wildman–Crippen MR) is 110 cm³/mol. The van der Waals surface area contributed by atoms with Crippen LogP contribution in [0.2, 0.25) is 0 Å². The van der Waals surface area contributed by atoms with Gasteiger partial charge in [0.05, 0.1) is 16.9 Å². The topological polar surface area (TPSA) is 57.7 Å². The van der Waals surface area contributed by atoms with Crippen LogP contribution in [0.1, 0.15) is 36.0 Å². The maximum Gasteiger partial charge on any atom is 0.416 e. The number of carbonyl (C=O) groups is 1. The molecule has 31 heavy (non-hydrogen) atoms. The van der Waals surface area contributed by atoms with Crippen LogP contribution in [-0.4, -0.2) is 38.3 Å². The minimum absolute atomic E-state index is 0.0224. The lowest BCUT2D eigenvalue weighted by molar-refractivity contribution is -0.137. The summed E-state index contributed by atoms with van der Waals surface area (Å²) in [4.78, 5) is 14.6. The number of hydrogen-bond donors (Lipinski definition) is 0. The molecule has 166 valence electrons. The Balaban J connectivity index is 1.49. The number of fused-ring (bicyclic) bond motifs is 1. The number of piperidine rings is 1. The van der Waals surface area contributed by atoms with Gasteiger partial charge in [-0.2, -0.15) is 17.5 Å². The zero-order valence-electron chi connectivity index (χ0n) is 16.9. The van der Waals surface area contributed by atoms with Gasteiger partial charge in [0.2, 0.25) is 15.9 Å². The first-order valence-corrected chi connectivity index (χ1v) is 11.7. The van der Waals surface area contributed by atoms with Crippen LogP contribution in [-0.2, 0) is 33.8 Å². The molecule has 0 radical (unpaired) electrons. The summed E-state index contributed by atoms with van der Waals surface area (Å²) in [7, 11) is -3.55. The van der Waals surface area contributed by atoms with E-state index in [9.17, 15) is 26.4 Å². The molecule has 4 rings (SSSR count). The number of halogens is 3. The Bertz CT molecular complexity index is 1080. The highest BCUT2D eigenvalue weighted by molar-refractivity contribution is 7.89. The molecule has 0 atom stereocenters. The molecule has 0 aromatic heterocycles. The van der Waals surface area contributed by atoms with E-state index in [2.05, 4.69) is 0 Å². The van der Waals surface area contributed by atoms with Crippen molar-refractivity contribution >= 4 is 21.6 Å². The molecule has 0 N–H and O–H groups in total. The van der Waals surface area contributed by atoms with Crippen LogP contribution in [0.3, 0.4) is 0 Å². The highest BCUT2D eigenvalue weighted by Crippen LogP contribution is 2.33. The van der Waals surface area contributed by atoms with E-state index in [4.69, 9.17) is 0 Å². The number of nitrogens with zero attached hydrogens (tertiary/aromatic N) is 2. The number of alkyl halides is 3. The summed E-state index contributed by atoms with van der Waals surface area (Å²) in [6.07, 6.45) is -1.15. The van der Waals surface area contributed by atoms with Crippen molar-refractivity contribution in [3.63, 3.8) is 0 Å². The van der Waals surface area contributed by atoms with Crippen molar-refractivity contribution in [3.05, 3.63) is 59.2 Å². The minimum atomic E-state index is -4.41. The van der Waals surface area contributed by atoms with Crippen LogP contribution < -0.4 is 4.90 Å². The molecule has 2 aromatic rings. The predicted octanol–water partition coefficient (Wildman–Crippen LogP) is 4.01. The third-order valence-corrected chi connectivity index (χ3v) is 7.73. The van der Waals surface area contributed by atoms with Crippen molar-refractivity contribution in [2.24, 2.45) is 0 Å². The molecule has 0 bridgehead atoms. The molecule has 9 heteroatoms. The average Bonchev–Trinajstić information content (AvgIpc) is 3.17. The normalized spacial score (nSPS) is 17.6. The number of hydrogen-bond acceptors (Lipinski definition) is 3. The smallest absolute Gasteiger partial charge is 0.312 e. The molecule has 2 aliphatic rings. The van der Waals surface area contributed by atoms with Gasteiger partial charge >= 0.3 is 6.18 Å². The molecule has 5 nitrogen and oxygen atoms in total. The highest BCUT2D eigenvalue weighted by Gasteiger charge is 2.31. The Morgan fingerprint density at radius 1 is 0.935 bits per heavy atom. The standard InChI is InChI=1S/C22H23F3N2O3S/c23-22(24,25)18-6-4-16(5-7-18)14-21(28)27-13-10-17-15-19(8-9-20(17)27)31(29,30)26-11-2-1-3-12-26/h4-9,15H,1-3,10-14H2. The Morgan fingerprint density at radius 2 is 1.61 bits per heavy atom. The first-order chi connectivity index (χ1) is 14.7. The molecular formula is C22H23F3N2O3S. The second-order valence-corrected chi connectivity index (χ2v) is 9.86. The first-order valence-electron chi connectivity index (χ1n) is 10.3. The van der Waals surface area contributed by atoms with Crippen molar-refractivity contribution in [2.75, 3.05) is 24.5 Å². The van der Waals surface area contributed by atoms with E-state index in [1.165, 1.54) is 22.5 Å². The van der Waals surface area contributed by atoms with Crippen LogP contribution in [0.15, 0.2) is 47.4 Å². The van der Waals surface area contributed by atoms with Gasteiger partial charge in [0.1, 0.15) is 0 Å². The van der Waals surface area contributed by atoms with Crippen LogP contribution in [0.5, 0.6) is 0 Å². The van der Waals surface area contributed by atoms with Gasteiger partial charge < -0.3 is 4.90 Å². The second kappa shape index (κ2) is 8.27. The molecule has 2 aliphatic heterocycles. The zero-order valence-corrected chi connectivity index (χ0v) is 17.7. The van der Waals surface area contributed by atoms with E-state index in [1.54, 1.807) is 17.0 Å². The molecule has 1 amide bonds. The van der Waals surface area contributed by atoms with Gasteiger partial charge in [-0.3, -0.25) is 4.79 Å². The molecular weight excluding hydrogens is 429 g/mol. The Labute approximate surface area is 179 Å². The summed E-state index contributed by atoms with van der Waals surface area (Å²) in [5, 5.41) is 0. The maximum atomic E-state index is 12.9. The Morgan fingerprint density at radius 3 is 2.26 bits per heavy atom. The third-order valence-electron chi connectivity index (χ3n) is 5.84. The average molecular weight is 452 g/mol. The quantitative estimate of drug-likeness (QED) is 0.704. The lowest BCUT2D eigenvalue weighted by Crippen LogP contribution is -2.35. The fraction of sp³-hybridized carbons (Fsp3) is 0.409. The van der Waals surface area contributed by atoms with Gasteiger partial charge in [-0.25, -0.2) is 8.42 Å². The minimum Gasteiger partial charge on any atom is -0.312 e. The summed E-state index contributed by atoms with van der Waals surface area (Å²) in [6, 6.07) is 9.40. The number of sulfonamides is 1. The number of carbonyl (C=O) groups excluding carboxylic acids is 1. The lowest BCUT2D eigenvalue weighted by atomic mass is 10.1. The van der Waals surface area contributed by atoms with Gasteiger partial charge in [0.15, 0.2) is 0 Å². The molecule has 0 spiro atoms.